The summed E-state index contributed by atoms with van der Waals surface area (Å²) in [7, 11) is 0. The number of hydrogen-bond acceptors (Lipinski definition) is 2. The van der Waals surface area contributed by atoms with Gasteiger partial charge in [-0.2, -0.15) is 0 Å². The standard InChI is InChI=1S/C10H9FO2/c1-8(12)13-10-4-2-9(3-5-10)6-7-11/h2-7H,1H3/b7-6-. The smallest absolute Gasteiger partial charge is 0.308 e. The summed E-state index contributed by atoms with van der Waals surface area (Å²) < 4.78 is 16.5. The highest BCUT2D eigenvalue weighted by Gasteiger charge is 1.96. The van der Waals surface area contributed by atoms with Crippen LogP contribution in [0.5, 0.6) is 5.75 Å². The number of esters is 1. The number of carbonyl (C=O) groups excluding carboxylic acids is 1. The van der Waals surface area contributed by atoms with Gasteiger partial charge in [0.05, 0.1) is 6.33 Å². The molecular weight excluding hydrogens is 171 g/mol. The average Bonchev–Trinajstić information content (AvgIpc) is 2.08. The van der Waals surface area contributed by atoms with E-state index in [-0.39, 0.29) is 5.97 Å². The number of benzene rings is 1. The van der Waals surface area contributed by atoms with Gasteiger partial charge in [-0.25, -0.2) is 4.39 Å². The van der Waals surface area contributed by atoms with Crippen LogP contribution >= 0.6 is 0 Å². The van der Waals surface area contributed by atoms with Crippen LogP contribution in [0.2, 0.25) is 0 Å². The Kier molecular flexibility index (Phi) is 3.20. The van der Waals surface area contributed by atoms with E-state index in [2.05, 4.69) is 0 Å². The van der Waals surface area contributed by atoms with E-state index in [4.69, 9.17) is 4.74 Å². The summed E-state index contributed by atoms with van der Waals surface area (Å²) in [5.41, 5.74) is 0.721. The van der Waals surface area contributed by atoms with Gasteiger partial charge < -0.3 is 4.74 Å². The van der Waals surface area contributed by atoms with Crippen LogP contribution in [0.3, 0.4) is 0 Å². The second-order valence-electron chi connectivity index (χ2n) is 2.46. The number of carbonyl (C=O) groups is 1. The molecule has 1 rings (SSSR count). The van der Waals surface area contributed by atoms with Crippen molar-refractivity contribution in [2.24, 2.45) is 0 Å². The first-order chi connectivity index (χ1) is 6.22. The van der Waals surface area contributed by atoms with Crippen molar-refractivity contribution in [2.45, 2.75) is 6.92 Å². The molecule has 0 N–H and O–H groups in total. The zero-order valence-electron chi connectivity index (χ0n) is 7.16. The Hall–Kier alpha value is -1.64. The molecule has 3 heteroatoms. The van der Waals surface area contributed by atoms with Crippen LogP contribution in [0.25, 0.3) is 6.08 Å². The van der Waals surface area contributed by atoms with Gasteiger partial charge in [0.25, 0.3) is 0 Å². The Balaban J connectivity index is 2.75. The third-order valence-corrected chi connectivity index (χ3v) is 1.40. The lowest BCUT2D eigenvalue weighted by Crippen LogP contribution is -2.00. The maximum Gasteiger partial charge on any atom is 0.308 e. The first kappa shape index (κ1) is 9.45. The van der Waals surface area contributed by atoms with Gasteiger partial charge in [-0.1, -0.05) is 12.1 Å². The molecular formula is C10H9FO2. The second kappa shape index (κ2) is 4.40. The van der Waals surface area contributed by atoms with E-state index in [1.807, 2.05) is 0 Å². The van der Waals surface area contributed by atoms with Crippen molar-refractivity contribution in [3.63, 3.8) is 0 Å². The Morgan fingerprint density at radius 1 is 1.38 bits per heavy atom. The third kappa shape index (κ3) is 3.07. The molecule has 0 spiro atoms. The van der Waals surface area contributed by atoms with E-state index < -0.39 is 0 Å². The van der Waals surface area contributed by atoms with E-state index in [1.54, 1.807) is 24.3 Å². The SMILES string of the molecule is CC(=O)Oc1ccc(/C=C\F)cc1. The zero-order valence-corrected chi connectivity index (χ0v) is 7.16. The molecule has 13 heavy (non-hydrogen) atoms. The Morgan fingerprint density at radius 3 is 2.46 bits per heavy atom. The predicted octanol–water partition coefficient (Wildman–Crippen LogP) is 2.55. The molecule has 0 bridgehead atoms. The lowest BCUT2D eigenvalue weighted by atomic mass is 10.2. The van der Waals surface area contributed by atoms with Gasteiger partial charge in [-0.3, -0.25) is 4.79 Å². The maximum absolute atomic E-state index is 11.7. The van der Waals surface area contributed by atoms with E-state index in [1.165, 1.54) is 13.0 Å². The molecule has 0 amide bonds. The van der Waals surface area contributed by atoms with Crippen molar-refractivity contribution in [3.8, 4) is 5.75 Å². The fraction of sp³-hybridized carbons (Fsp3) is 0.100. The van der Waals surface area contributed by atoms with E-state index >= 15 is 0 Å². The van der Waals surface area contributed by atoms with Gasteiger partial charge in [-0.05, 0) is 23.8 Å². The van der Waals surface area contributed by atoms with Crippen molar-refractivity contribution in [2.75, 3.05) is 0 Å². The number of hydrogen-bond donors (Lipinski definition) is 0. The Bertz CT molecular complexity index is 314. The van der Waals surface area contributed by atoms with Gasteiger partial charge in [0.1, 0.15) is 5.75 Å². The van der Waals surface area contributed by atoms with Crippen molar-refractivity contribution in [1.82, 2.24) is 0 Å². The van der Waals surface area contributed by atoms with Crippen molar-refractivity contribution in [3.05, 3.63) is 36.2 Å². The van der Waals surface area contributed by atoms with Gasteiger partial charge >= 0.3 is 5.97 Å². The molecule has 1 aromatic rings. The zero-order chi connectivity index (χ0) is 9.68. The molecule has 0 aliphatic heterocycles. The highest BCUT2D eigenvalue weighted by molar-refractivity contribution is 5.69. The minimum atomic E-state index is -0.367. The highest BCUT2D eigenvalue weighted by Crippen LogP contribution is 2.13. The van der Waals surface area contributed by atoms with Crippen LogP contribution in [0.4, 0.5) is 4.39 Å². The average molecular weight is 180 g/mol. The molecule has 0 atom stereocenters. The molecule has 0 radical (unpaired) electrons. The van der Waals surface area contributed by atoms with Crippen molar-refractivity contribution < 1.29 is 13.9 Å². The van der Waals surface area contributed by atoms with Crippen LogP contribution < -0.4 is 4.74 Å². The van der Waals surface area contributed by atoms with Gasteiger partial charge in [0.15, 0.2) is 0 Å². The summed E-state index contributed by atoms with van der Waals surface area (Å²) in [4.78, 5) is 10.5. The second-order valence-corrected chi connectivity index (χ2v) is 2.46. The van der Waals surface area contributed by atoms with Crippen LogP contribution in [0.15, 0.2) is 30.6 Å². The fourth-order valence-electron chi connectivity index (χ4n) is 0.886. The Labute approximate surface area is 75.6 Å². The largest absolute Gasteiger partial charge is 0.427 e. The van der Waals surface area contributed by atoms with Gasteiger partial charge in [0.2, 0.25) is 0 Å². The van der Waals surface area contributed by atoms with Crippen LogP contribution in [0.1, 0.15) is 12.5 Å². The predicted molar refractivity (Wildman–Crippen MR) is 47.9 cm³/mol. The molecule has 0 aliphatic rings. The lowest BCUT2D eigenvalue weighted by molar-refractivity contribution is -0.131. The summed E-state index contributed by atoms with van der Waals surface area (Å²) in [6.07, 6.45) is 1.78. The van der Waals surface area contributed by atoms with Crippen molar-refractivity contribution >= 4 is 12.0 Å². The molecule has 68 valence electrons. The summed E-state index contributed by atoms with van der Waals surface area (Å²) in [6, 6.07) is 6.54. The maximum atomic E-state index is 11.7. The lowest BCUT2D eigenvalue weighted by Gasteiger charge is -2.00. The molecule has 2 nitrogen and oxygen atoms in total. The third-order valence-electron chi connectivity index (χ3n) is 1.40. The van der Waals surface area contributed by atoms with Crippen LogP contribution in [-0.4, -0.2) is 5.97 Å². The molecule has 0 heterocycles. The van der Waals surface area contributed by atoms with E-state index in [0.717, 1.165) is 5.56 Å². The summed E-state index contributed by atoms with van der Waals surface area (Å²) in [5, 5.41) is 0. The highest BCUT2D eigenvalue weighted by atomic mass is 19.1. The molecule has 0 aliphatic carbocycles. The van der Waals surface area contributed by atoms with Gasteiger partial charge in [-0.15, -0.1) is 0 Å². The Morgan fingerprint density at radius 2 is 2.00 bits per heavy atom. The normalized spacial score (nSPS) is 10.3. The van der Waals surface area contributed by atoms with E-state index in [0.29, 0.717) is 12.1 Å². The van der Waals surface area contributed by atoms with E-state index in [9.17, 15) is 9.18 Å². The summed E-state index contributed by atoms with van der Waals surface area (Å²) >= 11 is 0. The molecule has 0 aromatic heterocycles. The first-order valence-electron chi connectivity index (χ1n) is 3.77. The monoisotopic (exact) mass is 180 g/mol. The number of halogens is 1. The van der Waals surface area contributed by atoms with Crippen molar-refractivity contribution in [1.29, 1.82) is 0 Å². The first-order valence-corrected chi connectivity index (χ1v) is 3.77. The quantitative estimate of drug-likeness (QED) is 0.516. The summed E-state index contributed by atoms with van der Waals surface area (Å²) in [5.74, 6) is 0.0947. The molecule has 0 unspecified atom stereocenters. The molecule has 0 saturated carbocycles. The topological polar surface area (TPSA) is 26.3 Å². The van der Waals surface area contributed by atoms with Crippen LogP contribution in [0, 0.1) is 0 Å². The number of rotatable bonds is 2. The van der Waals surface area contributed by atoms with Crippen LogP contribution in [-0.2, 0) is 4.79 Å². The fourth-order valence-corrected chi connectivity index (χ4v) is 0.886. The summed E-state index contributed by atoms with van der Waals surface area (Å²) in [6.45, 7) is 1.33. The molecule has 0 fully saturated rings. The van der Waals surface area contributed by atoms with Gasteiger partial charge in [0, 0.05) is 6.92 Å². The number of ether oxygens (including phenoxy) is 1. The minimum absolute atomic E-state index is 0.367. The minimum Gasteiger partial charge on any atom is -0.427 e. The molecule has 0 saturated heterocycles. The molecule has 1 aromatic carbocycles.